The molecule has 0 atom stereocenters. The maximum absolute atomic E-state index is 12.4. The van der Waals surface area contributed by atoms with Gasteiger partial charge < -0.3 is 4.90 Å². The summed E-state index contributed by atoms with van der Waals surface area (Å²) >= 11 is 0. The maximum Gasteiger partial charge on any atom is 0.246 e. The SMILES string of the molecule is CCN(C(=O)/C=C/c1ccc(N2CCCS2(=O)=O)cc1)C1CCCC1. The predicted molar refractivity (Wildman–Crippen MR) is 101 cm³/mol. The van der Waals surface area contributed by atoms with Crippen molar-refractivity contribution in [2.24, 2.45) is 0 Å². The van der Waals surface area contributed by atoms with E-state index in [1.165, 1.54) is 17.1 Å². The van der Waals surface area contributed by atoms with Crippen LogP contribution in [-0.2, 0) is 14.8 Å². The number of carbonyl (C=O) groups excluding carboxylic acids is 1. The second kappa shape index (κ2) is 7.60. The van der Waals surface area contributed by atoms with Gasteiger partial charge in [0, 0.05) is 25.2 Å². The Kier molecular flexibility index (Phi) is 5.47. The molecule has 1 saturated heterocycles. The molecule has 1 aliphatic carbocycles. The fourth-order valence-electron chi connectivity index (χ4n) is 3.75. The fraction of sp³-hybridized carbons (Fsp3) is 0.526. The van der Waals surface area contributed by atoms with E-state index in [4.69, 9.17) is 0 Å². The van der Waals surface area contributed by atoms with Crippen LogP contribution in [0.3, 0.4) is 0 Å². The van der Waals surface area contributed by atoms with Crippen molar-refractivity contribution in [3.05, 3.63) is 35.9 Å². The van der Waals surface area contributed by atoms with Gasteiger partial charge in [-0.05, 0) is 50.0 Å². The fourth-order valence-corrected chi connectivity index (χ4v) is 5.32. The summed E-state index contributed by atoms with van der Waals surface area (Å²) in [5.74, 6) is 0.276. The molecule has 25 heavy (non-hydrogen) atoms. The number of hydrogen-bond acceptors (Lipinski definition) is 3. The van der Waals surface area contributed by atoms with Gasteiger partial charge in [-0.15, -0.1) is 0 Å². The van der Waals surface area contributed by atoms with Crippen molar-refractivity contribution < 1.29 is 13.2 Å². The Labute approximate surface area is 150 Å². The summed E-state index contributed by atoms with van der Waals surface area (Å²) in [6.45, 7) is 3.30. The number of carbonyl (C=O) groups is 1. The number of likely N-dealkylation sites (N-methyl/N-ethyl adjacent to an activating group) is 1. The lowest BCUT2D eigenvalue weighted by atomic mass is 10.1. The number of sulfonamides is 1. The Morgan fingerprint density at radius 1 is 1.20 bits per heavy atom. The molecule has 0 aromatic heterocycles. The lowest BCUT2D eigenvalue weighted by molar-refractivity contribution is -0.127. The summed E-state index contributed by atoms with van der Waals surface area (Å²) in [6, 6.07) is 7.71. The molecule has 2 fully saturated rings. The van der Waals surface area contributed by atoms with Crippen LogP contribution in [0, 0.1) is 0 Å². The minimum absolute atomic E-state index is 0.0561. The van der Waals surface area contributed by atoms with Crippen molar-refractivity contribution in [3.63, 3.8) is 0 Å². The van der Waals surface area contributed by atoms with Crippen LogP contribution in [-0.4, -0.2) is 44.1 Å². The molecular weight excluding hydrogens is 336 g/mol. The molecule has 0 unspecified atom stereocenters. The predicted octanol–water partition coefficient (Wildman–Crippen LogP) is 3.03. The summed E-state index contributed by atoms with van der Waals surface area (Å²) in [6.07, 6.45) is 8.73. The number of rotatable bonds is 5. The molecule has 0 N–H and O–H groups in total. The topological polar surface area (TPSA) is 57.7 Å². The highest BCUT2D eigenvalue weighted by atomic mass is 32.2. The van der Waals surface area contributed by atoms with Crippen molar-refractivity contribution in [3.8, 4) is 0 Å². The molecule has 136 valence electrons. The average molecular weight is 362 g/mol. The molecule has 0 radical (unpaired) electrons. The van der Waals surface area contributed by atoms with Gasteiger partial charge in [-0.25, -0.2) is 8.42 Å². The smallest absolute Gasteiger partial charge is 0.246 e. The summed E-state index contributed by atoms with van der Waals surface area (Å²) in [5.41, 5.74) is 1.60. The quantitative estimate of drug-likeness (QED) is 0.757. The molecule has 1 saturated carbocycles. The molecular formula is C19H26N2O3S. The molecule has 5 nitrogen and oxygen atoms in total. The molecule has 1 aromatic carbocycles. The number of benzene rings is 1. The minimum atomic E-state index is -3.15. The van der Waals surface area contributed by atoms with E-state index in [1.54, 1.807) is 6.08 Å². The number of nitrogens with zero attached hydrogens (tertiary/aromatic N) is 2. The third-order valence-electron chi connectivity index (χ3n) is 5.09. The van der Waals surface area contributed by atoms with E-state index in [-0.39, 0.29) is 11.7 Å². The van der Waals surface area contributed by atoms with Gasteiger partial charge in [0.1, 0.15) is 0 Å². The average Bonchev–Trinajstić information content (AvgIpc) is 3.24. The maximum atomic E-state index is 12.4. The molecule has 1 amide bonds. The van der Waals surface area contributed by atoms with Crippen LogP contribution < -0.4 is 4.31 Å². The zero-order chi connectivity index (χ0) is 17.9. The first-order valence-electron chi connectivity index (χ1n) is 9.10. The van der Waals surface area contributed by atoms with Gasteiger partial charge in [0.15, 0.2) is 0 Å². The zero-order valence-electron chi connectivity index (χ0n) is 14.7. The molecule has 3 rings (SSSR count). The second-order valence-corrected chi connectivity index (χ2v) is 8.74. The molecule has 0 spiro atoms. The number of anilines is 1. The lowest BCUT2D eigenvalue weighted by Crippen LogP contribution is -2.37. The second-order valence-electron chi connectivity index (χ2n) is 6.73. The molecule has 1 aliphatic heterocycles. The summed E-state index contributed by atoms with van der Waals surface area (Å²) in [4.78, 5) is 14.4. The van der Waals surface area contributed by atoms with E-state index >= 15 is 0 Å². The van der Waals surface area contributed by atoms with Crippen molar-refractivity contribution in [2.45, 2.75) is 45.1 Å². The van der Waals surface area contributed by atoms with Crippen LogP contribution in [0.1, 0.15) is 44.6 Å². The lowest BCUT2D eigenvalue weighted by Gasteiger charge is -2.26. The Morgan fingerprint density at radius 3 is 2.44 bits per heavy atom. The zero-order valence-corrected chi connectivity index (χ0v) is 15.5. The van der Waals surface area contributed by atoms with Crippen LogP contribution in [0.25, 0.3) is 6.08 Å². The molecule has 1 aromatic rings. The highest BCUT2D eigenvalue weighted by Gasteiger charge is 2.28. The van der Waals surface area contributed by atoms with Crippen molar-refractivity contribution in [1.82, 2.24) is 4.90 Å². The van der Waals surface area contributed by atoms with Crippen molar-refractivity contribution in [1.29, 1.82) is 0 Å². The first-order valence-corrected chi connectivity index (χ1v) is 10.7. The Bertz CT molecular complexity index is 734. The van der Waals surface area contributed by atoms with Gasteiger partial charge in [-0.1, -0.05) is 25.0 Å². The Morgan fingerprint density at radius 2 is 1.88 bits per heavy atom. The van der Waals surface area contributed by atoms with Crippen LogP contribution in [0.5, 0.6) is 0 Å². The van der Waals surface area contributed by atoms with Gasteiger partial charge in [0.2, 0.25) is 15.9 Å². The molecule has 6 heteroatoms. The molecule has 2 aliphatic rings. The van der Waals surface area contributed by atoms with Gasteiger partial charge in [0.25, 0.3) is 0 Å². The van der Waals surface area contributed by atoms with Crippen LogP contribution in [0.2, 0.25) is 0 Å². The highest BCUT2D eigenvalue weighted by Crippen LogP contribution is 2.25. The van der Waals surface area contributed by atoms with Gasteiger partial charge >= 0.3 is 0 Å². The van der Waals surface area contributed by atoms with Crippen molar-refractivity contribution >= 4 is 27.7 Å². The molecule has 0 bridgehead atoms. The summed E-state index contributed by atoms with van der Waals surface area (Å²) in [5, 5.41) is 0. The highest BCUT2D eigenvalue weighted by molar-refractivity contribution is 7.93. The normalized spacial score (nSPS) is 20.4. The largest absolute Gasteiger partial charge is 0.336 e. The number of amides is 1. The minimum Gasteiger partial charge on any atom is -0.336 e. The van der Waals surface area contributed by atoms with E-state index in [9.17, 15) is 13.2 Å². The third-order valence-corrected chi connectivity index (χ3v) is 6.96. The summed E-state index contributed by atoms with van der Waals surface area (Å²) < 4.78 is 25.4. The van der Waals surface area contributed by atoms with Crippen LogP contribution in [0.4, 0.5) is 5.69 Å². The van der Waals surface area contributed by atoms with E-state index in [0.717, 1.165) is 24.9 Å². The standard InChI is InChI=1S/C19H26N2O3S/c1-2-20(17-6-3-4-7-17)19(22)13-10-16-8-11-18(12-9-16)21-14-5-15-25(21,23)24/h8-13,17H,2-7,14-15H2,1H3/b13-10+. The van der Waals surface area contributed by atoms with E-state index in [0.29, 0.717) is 24.7 Å². The van der Waals surface area contributed by atoms with E-state index < -0.39 is 10.0 Å². The monoisotopic (exact) mass is 362 g/mol. The Hall–Kier alpha value is -1.82. The van der Waals surface area contributed by atoms with Gasteiger partial charge in [-0.2, -0.15) is 0 Å². The first-order chi connectivity index (χ1) is 12.0. The van der Waals surface area contributed by atoms with Gasteiger partial charge in [-0.3, -0.25) is 9.10 Å². The van der Waals surface area contributed by atoms with Gasteiger partial charge in [0.05, 0.1) is 11.4 Å². The summed E-state index contributed by atoms with van der Waals surface area (Å²) in [7, 11) is -3.15. The number of hydrogen-bond donors (Lipinski definition) is 0. The molecule has 1 heterocycles. The third kappa shape index (κ3) is 4.06. The van der Waals surface area contributed by atoms with E-state index in [2.05, 4.69) is 0 Å². The van der Waals surface area contributed by atoms with E-state index in [1.807, 2.05) is 42.2 Å². The van der Waals surface area contributed by atoms with Crippen LogP contribution >= 0.6 is 0 Å². The first kappa shape index (κ1) is 18.0. The van der Waals surface area contributed by atoms with Crippen LogP contribution in [0.15, 0.2) is 30.3 Å². The Balaban J connectivity index is 1.66. The van der Waals surface area contributed by atoms with Crippen molar-refractivity contribution in [2.75, 3.05) is 23.1 Å².